The van der Waals surface area contributed by atoms with E-state index in [1.165, 1.54) is 5.56 Å². The molecule has 0 aliphatic heterocycles. The number of hydrogen-bond acceptors (Lipinski definition) is 2. The second-order valence-electron chi connectivity index (χ2n) is 2.76. The number of aromatic amines is 1. The Morgan fingerprint density at radius 2 is 2.54 bits per heavy atom. The minimum atomic E-state index is 0.366. The van der Waals surface area contributed by atoms with Crippen molar-refractivity contribution in [3.63, 3.8) is 0 Å². The van der Waals surface area contributed by atoms with Crippen LogP contribution in [0.1, 0.15) is 16.2 Å². The second-order valence-corrected chi connectivity index (χ2v) is 4.65. The lowest BCUT2D eigenvalue weighted by atomic mass is 10.2. The molecule has 0 aliphatic carbocycles. The highest BCUT2D eigenvalue weighted by Crippen LogP contribution is 2.27. The topological polar surface area (TPSA) is 28.7 Å². The molecule has 0 spiro atoms. The van der Waals surface area contributed by atoms with Gasteiger partial charge in [0, 0.05) is 23.6 Å². The van der Waals surface area contributed by atoms with Crippen molar-refractivity contribution in [2.24, 2.45) is 0 Å². The summed E-state index contributed by atoms with van der Waals surface area (Å²) in [5, 5.41) is 4.24. The van der Waals surface area contributed by atoms with Crippen molar-refractivity contribution in [1.82, 2.24) is 9.97 Å². The van der Waals surface area contributed by atoms with Gasteiger partial charge in [-0.05, 0) is 22.4 Å². The maximum absolute atomic E-state index is 4.18. The van der Waals surface area contributed by atoms with Crippen LogP contribution in [0.4, 0.5) is 0 Å². The molecule has 0 radical (unpaired) electrons. The summed E-state index contributed by atoms with van der Waals surface area (Å²) in [6, 6.07) is 2.13. The number of nitrogens with one attached hydrogen (secondary N) is 1. The molecule has 0 aliphatic rings. The van der Waals surface area contributed by atoms with E-state index >= 15 is 0 Å². The molecule has 0 saturated carbocycles. The smallest absolute Gasteiger partial charge is 0.107 e. The number of thiophene rings is 1. The van der Waals surface area contributed by atoms with Crippen molar-refractivity contribution < 1.29 is 0 Å². The van der Waals surface area contributed by atoms with Gasteiger partial charge in [-0.1, -0.05) is 15.9 Å². The maximum atomic E-state index is 4.18. The van der Waals surface area contributed by atoms with Gasteiger partial charge in [0.2, 0.25) is 0 Å². The Balaban J connectivity index is 2.04. The van der Waals surface area contributed by atoms with Crippen LogP contribution >= 0.6 is 27.3 Å². The number of hydrogen-bond donors (Lipinski definition) is 1. The van der Waals surface area contributed by atoms with E-state index in [0.717, 1.165) is 12.2 Å². The van der Waals surface area contributed by atoms with Crippen molar-refractivity contribution in [2.75, 3.05) is 0 Å². The largest absolute Gasteiger partial charge is 0.349 e. The van der Waals surface area contributed by atoms with Crippen molar-refractivity contribution in [3.05, 3.63) is 40.6 Å². The van der Waals surface area contributed by atoms with Crippen molar-refractivity contribution in [2.45, 2.75) is 11.2 Å². The molecular formula is C9H9BrN2S. The first-order chi connectivity index (χ1) is 6.36. The van der Waals surface area contributed by atoms with Crippen LogP contribution in [0.25, 0.3) is 0 Å². The first kappa shape index (κ1) is 8.97. The number of H-pyrrole nitrogens is 1. The number of aromatic nitrogens is 2. The zero-order valence-corrected chi connectivity index (χ0v) is 9.31. The Morgan fingerprint density at radius 1 is 1.62 bits per heavy atom. The van der Waals surface area contributed by atoms with E-state index in [2.05, 4.69) is 42.7 Å². The lowest BCUT2D eigenvalue weighted by Crippen LogP contribution is -1.95. The molecule has 4 heteroatoms. The Hall–Kier alpha value is -0.610. The average molecular weight is 257 g/mol. The number of imidazole rings is 1. The van der Waals surface area contributed by atoms with E-state index in [-0.39, 0.29) is 0 Å². The monoisotopic (exact) mass is 256 g/mol. The molecule has 1 atom stereocenters. The fourth-order valence-electron chi connectivity index (χ4n) is 1.15. The Labute approximate surface area is 89.2 Å². The zero-order chi connectivity index (χ0) is 9.10. The van der Waals surface area contributed by atoms with Crippen LogP contribution in [-0.2, 0) is 6.42 Å². The molecule has 68 valence electrons. The molecule has 1 unspecified atom stereocenters. The van der Waals surface area contributed by atoms with Crippen molar-refractivity contribution >= 4 is 27.3 Å². The van der Waals surface area contributed by atoms with Crippen LogP contribution in [0.3, 0.4) is 0 Å². The first-order valence-corrected chi connectivity index (χ1v) is 5.86. The highest BCUT2D eigenvalue weighted by atomic mass is 79.9. The minimum absolute atomic E-state index is 0.366. The van der Waals surface area contributed by atoms with Crippen LogP contribution in [-0.4, -0.2) is 9.97 Å². The van der Waals surface area contributed by atoms with Crippen LogP contribution < -0.4 is 0 Å². The lowest BCUT2D eigenvalue weighted by molar-refractivity contribution is 0.879. The molecule has 0 bridgehead atoms. The predicted molar refractivity (Wildman–Crippen MR) is 58.3 cm³/mol. The normalized spacial score (nSPS) is 13.0. The van der Waals surface area contributed by atoms with Gasteiger partial charge in [-0.2, -0.15) is 11.3 Å². The number of halogens is 1. The number of alkyl halides is 1. The predicted octanol–water partition coefficient (Wildman–Crippen LogP) is 3.15. The molecular weight excluding hydrogens is 248 g/mol. The summed E-state index contributed by atoms with van der Waals surface area (Å²) < 4.78 is 0. The standard InChI is InChI=1S/C9H9BrN2S/c10-8(7-1-4-13-6-7)5-9-11-2-3-12-9/h1-4,6,8H,5H2,(H,11,12). The summed E-state index contributed by atoms with van der Waals surface area (Å²) in [7, 11) is 0. The van der Waals surface area contributed by atoms with E-state index < -0.39 is 0 Å². The Morgan fingerprint density at radius 3 is 3.15 bits per heavy atom. The van der Waals surface area contributed by atoms with Crippen LogP contribution in [0.2, 0.25) is 0 Å². The summed E-state index contributed by atoms with van der Waals surface area (Å²) in [5.41, 5.74) is 1.32. The zero-order valence-electron chi connectivity index (χ0n) is 6.90. The molecule has 2 heterocycles. The second kappa shape index (κ2) is 4.07. The highest BCUT2D eigenvalue weighted by molar-refractivity contribution is 9.09. The van der Waals surface area contributed by atoms with Gasteiger partial charge in [0.05, 0.1) is 0 Å². The van der Waals surface area contributed by atoms with Gasteiger partial charge in [0.1, 0.15) is 5.82 Å². The van der Waals surface area contributed by atoms with Crippen LogP contribution in [0, 0.1) is 0 Å². The third-order valence-electron chi connectivity index (χ3n) is 1.83. The Bertz CT molecular complexity index is 342. The minimum Gasteiger partial charge on any atom is -0.349 e. The molecule has 0 fully saturated rings. The SMILES string of the molecule is BrC(Cc1ncc[nH]1)c1ccsc1. The van der Waals surface area contributed by atoms with Gasteiger partial charge in [0.25, 0.3) is 0 Å². The quantitative estimate of drug-likeness (QED) is 0.841. The summed E-state index contributed by atoms with van der Waals surface area (Å²) in [6.45, 7) is 0. The molecule has 0 aromatic carbocycles. The van der Waals surface area contributed by atoms with Gasteiger partial charge in [-0.3, -0.25) is 0 Å². The molecule has 13 heavy (non-hydrogen) atoms. The molecule has 2 aromatic rings. The summed E-state index contributed by atoms with van der Waals surface area (Å²) >= 11 is 5.35. The van der Waals surface area contributed by atoms with Gasteiger partial charge in [-0.25, -0.2) is 4.98 Å². The molecule has 2 nitrogen and oxygen atoms in total. The molecule has 2 aromatic heterocycles. The average Bonchev–Trinajstić information content (AvgIpc) is 2.74. The van der Waals surface area contributed by atoms with Gasteiger partial charge < -0.3 is 4.98 Å². The number of rotatable bonds is 3. The summed E-state index contributed by atoms with van der Waals surface area (Å²) in [5.74, 6) is 1.02. The van der Waals surface area contributed by atoms with E-state index in [9.17, 15) is 0 Å². The van der Waals surface area contributed by atoms with Crippen molar-refractivity contribution in [1.29, 1.82) is 0 Å². The van der Waals surface area contributed by atoms with E-state index in [0.29, 0.717) is 4.83 Å². The van der Waals surface area contributed by atoms with E-state index in [4.69, 9.17) is 0 Å². The summed E-state index contributed by atoms with van der Waals surface area (Å²) in [6.07, 6.45) is 4.54. The molecule has 2 rings (SSSR count). The lowest BCUT2D eigenvalue weighted by Gasteiger charge is -2.04. The summed E-state index contributed by atoms with van der Waals surface area (Å²) in [4.78, 5) is 7.64. The van der Waals surface area contributed by atoms with Crippen LogP contribution in [0.15, 0.2) is 29.2 Å². The highest BCUT2D eigenvalue weighted by Gasteiger charge is 2.09. The van der Waals surface area contributed by atoms with Crippen molar-refractivity contribution in [3.8, 4) is 0 Å². The van der Waals surface area contributed by atoms with E-state index in [1.54, 1.807) is 17.5 Å². The third-order valence-corrected chi connectivity index (χ3v) is 3.39. The van der Waals surface area contributed by atoms with E-state index in [1.807, 2.05) is 6.20 Å². The molecule has 0 saturated heterocycles. The Kier molecular flexibility index (Phi) is 2.80. The van der Waals surface area contributed by atoms with Crippen LogP contribution in [0.5, 0.6) is 0 Å². The molecule has 0 amide bonds. The fraction of sp³-hybridized carbons (Fsp3) is 0.222. The first-order valence-electron chi connectivity index (χ1n) is 4.00. The van der Waals surface area contributed by atoms with Gasteiger partial charge in [0.15, 0.2) is 0 Å². The maximum Gasteiger partial charge on any atom is 0.107 e. The number of nitrogens with zero attached hydrogens (tertiary/aromatic N) is 1. The fourth-order valence-corrected chi connectivity index (χ4v) is 2.63. The van der Waals surface area contributed by atoms with Gasteiger partial charge in [-0.15, -0.1) is 0 Å². The van der Waals surface area contributed by atoms with Gasteiger partial charge >= 0.3 is 0 Å². The molecule has 1 N–H and O–H groups in total. The third kappa shape index (κ3) is 2.19.